The van der Waals surface area contributed by atoms with Crippen molar-refractivity contribution in [2.45, 2.75) is 43.1 Å². The first-order valence-corrected chi connectivity index (χ1v) is 7.33. The quantitative estimate of drug-likeness (QED) is 0.674. The molecule has 20 heavy (non-hydrogen) atoms. The van der Waals surface area contributed by atoms with Gasteiger partial charge in [-0.1, -0.05) is 11.8 Å². The molecule has 0 spiro atoms. The van der Waals surface area contributed by atoms with Gasteiger partial charge in [-0.2, -0.15) is 0 Å². The van der Waals surface area contributed by atoms with Crippen LogP contribution in [0.25, 0.3) is 0 Å². The zero-order valence-electron chi connectivity index (χ0n) is 11.3. The lowest BCUT2D eigenvalue weighted by Gasteiger charge is -2.11. The number of carbonyl (C=O) groups excluding carboxylic acids is 2. The molecule has 0 aliphatic heterocycles. The van der Waals surface area contributed by atoms with Gasteiger partial charge < -0.3 is 5.32 Å². The van der Waals surface area contributed by atoms with Gasteiger partial charge in [-0.15, -0.1) is 5.10 Å². The molecule has 9 heteroatoms. The number of rotatable bonds is 5. The highest BCUT2D eigenvalue weighted by molar-refractivity contribution is 8.00. The molecule has 1 aromatic heterocycles. The van der Waals surface area contributed by atoms with Gasteiger partial charge in [-0.25, -0.2) is 14.7 Å². The van der Waals surface area contributed by atoms with Crippen molar-refractivity contribution in [3.8, 4) is 0 Å². The first kappa shape index (κ1) is 14.6. The molecule has 0 radical (unpaired) electrons. The first-order chi connectivity index (χ1) is 9.52. The molecule has 110 valence electrons. The molecule has 3 amide bonds. The molecule has 3 N–H and O–H groups in total. The molecule has 1 atom stereocenters. The van der Waals surface area contributed by atoms with Crippen molar-refractivity contribution in [1.29, 1.82) is 0 Å². The normalized spacial score (nSPS) is 15.7. The van der Waals surface area contributed by atoms with Crippen LogP contribution in [0.5, 0.6) is 0 Å². The fourth-order valence-corrected chi connectivity index (χ4v) is 2.58. The molecule has 1 aliphatic carbocycles. The van der Waals surface area contributed by atoms with Gasteiger partial charge in [-0.05, 0) is 26.7 Å². The van der Waals surface area contributed by atoms with Crippen LogP contribution in [0.1, 0.15) is 32.7 Å². The number of aromatic nitrogens is 3. The van der Waals surface area contributed by atoms with Crippen molar-refractivity contribution >= 4 is 23.7 Å². The molecule has 1 unspecified atom stereocenters. The van der Waals surface area contributed by atoms with Crippen LogP contribution in [0, 0.1) is 0 Å². The molecule has 1 aliphatic rings. The number of H-pyrrole nitrogens is 1. The summed E-state index contributed by atoms with van der Waals surface area (Å²) in [6, 6.07) is -0.339. The summed E-state index contributed by atoms with van der Waals surface area (Å²) in [4.78, 5) is 34.7. The van der Waals surface area contributed by atoms with Crippen LogP contribution in [0.4, 0.5) is 4.79 Å². The number of aromatic amines is 1. The van der Waals surface area contributed by atoms with Gasteiger partial charge in [0, 0.05) is 12.6 Å². The Balaban J connectivity index is 1.97. The Morgan fingerprint density at radius 1 is 1.55 bits per heavy atom. The summed E-state index contributed by atoms with van der Waals surface area (Å²) in [5, 5.41) is 11.0. The zero-order chi connectivity index (χ0) is 14.7. The standard InChI is InChI=1S/C11H17N5O3S/c1-3-12-9(18)13-8(17)6(2)20-11-15-14-10(19)16(11)7-4-5-7/h6-7H,3-5H2,1-2H3,(H,14,19)(H2,12,13,17,18). The van der Waals surface area contributed by atoms with Crippen LogP contribution in [-0.4, -0.2) is 38.5 Å². The average molecular weight is 299 g/mol. The van der Waals surface area contributed by atoms with Crippen LogP contribution >= 0.6 is 11.8 Å². The molecule has 2 rings (SSSR count). The average Bonchev–Trinajstić information content (AvgIpc) is 3.15. The van der Waals surface area contributed by atoms with Gasteiger partial charge in [0.25, 0.3) is 0 Å². The minimum absolute atomic E-state index is 0.183. The van der Waals surface area contributed by atoms with Gasteiger partial charge in [0.15, 0.2) is 5.16 Å². The summed E-state index contributed by atoms with van der Waals surface area (Å²) >= 11 is 1.16. The van der Waals surface area contributed by atoms with E-state index >= 15 is 0 Å². The van der Waals surface area contributed by atoms with E-state index in [2.05, 4.69) is 20.8 Å². The predicted octanol–water partition coefficient (Wildman–Crippen LogP) is 0.233. The molecule has 0 aromatic carbocycles. The smallest absolute Gasteiger partial charge is 0.338 e. The van der Waals surface area contributed by atoms with E-state index in [1.165, 1.54) is 0 Å². The number of hydrogen-bond donors (Lipinski definition) is 3. The van der Waals surface area contributed by atoms with Crippen molar-refractivity contribution in [2.24, 2.45) is 0 Å². The van der Waals surface area contributed by atoms with Gasteiger partial charge in [0.2, 0.25) is 5.91 Å². The molecule has 0 saturated heterocycles. The van der Waals surface area contributed by atoms with E-state index in [1.54, 1.807) is 18.4 Å². The number of carbonyl (C=O) groups is 2. The Hall–Kier alpha value is -1.77. The first-order valence-electron chi connectivity index (χ1n) is 6.45. The van der Waals surface area contributed by atoms with Crippen molar-refractivity contribution in [3.05, 3.63) is 10.5 Å². The Labute approximate surface area is 119 Å². The van der Waals surface area contributed by atoms with E-state index in [0.717, 1.165) is 24.6 Å². The molecule has 1 saturated carbocycles. The summed E-state index contributed by atoms with van der Waals surface area (Å²) in [6.07, 6.45) is 1.90. The van der Waals surface area contributed by atoms with Gasteiger partial charge >= 0.3 is 11.7 Å². The summed E-state index contributed by atoms with van der Waals surface area (Å²) < 4.78 is 1.57. The number of amides is 3. The third kappa shape index (κ3) is 3.41. The number of thioether (sulfide) groups is 1. The summed E-state index contributed by atoms with van der Waals surface area (Å²) in [5.74, 6) is -0.418. The second kappa shape index (κ2) is 6.12. The van der Waals surface area contributed by atoms with Crippen LogP contribution < -0.4 is 16.3 Å². The van der Waals surface area contributed by atoms with Gasteiger partial charge in [-0.3, -0.25) is 14.7 Å². The third-order valence-electron chi connectivity index (χ3n) is 2.81. The lowest BCUT2D eigenvalue weighted by atomic mass is 10.4. The number of nitrogens with zero attached hydrogens (tertiary/aromatic N) is 2. The molecule has 8 nitrogen and oxygen atoms in total. The van der Waals surface area contributed by atoms with E-state index in [0.29, 0.717) is 11.7 Å². The van der Waals surface area contributed by atoms with Crippen LogP contribution in [0.3, 0.4) is 0 Å². The van der Waals surface area contributed by atoms with E-state index in [4.69, 9.17) is 0 Å². The van der Waals surface area contributed by atoms with E-state index < -0.39 is 17.2 Å². The molecular formula is C11H17N5O3S. The maximum atomic E-state index is 11.8. The Morgan fingerprint density at radius 2 is 2.25 bits per heavy atom. The largest absolute Gasteiger partial charge is 0.344 e. The van der Waals surface area contributed by atoms with Crippen LogP contribution in [-0.2, 0) is 4.79 Å². The topological polar surface area (TPSA) is 109 Å². The number of hydrogen-bond acceptors (Lipinski definition) is 5. The molecule has 1 heterocycles. The van der Waals surface area contributed by atoms with E-state index in [9.17, 15) is 14.4 Å². The Kier molecular flexibility index (Phi) is 4.48. The van der Waals surface area contributed by atoms with Crippen molar-refractivity contribution in [3.63, 3.8) is 0 Å². The third-order valence-corrected chi connectivity index (χ3v) is 3.88. The molecular weight excluding hydrogens is 282 g/mol. The van der Waals surface area contributed by atoms with Gasteiger partial charge in [0.05, 0.1) is 5.25 Å². The highest BCUT2D eigenvalue weighted by atomic mass is 32.2. The summed E-state index contributed by atoms with van der Waals surface area (Å²) in [7, 11) is 0. The van der Waals surface area contributed by atoms with Crippen molar-refractivity contribution < 1.29 is 9.59 Å². The van der Waals surface area contributed by atoms with E-state index in [-0.39, 0.29) is 11.7 Å². The fraction of sp³-hybridized carbons (Fsp3) is 0.636. The Bertz CT molecular complexity index is 563. The number of imide groups is 1. The van der Waals surface area contributed by atoms with Crippen molar-refractivity contribution in [2.75, 3.05) is 6.54 Å². The van der Waals surface area contributed by atoms with Gasteiger partial charge in [0.1, 0.15) is 0 Å². The minimum Gasteiger partial charge on any atom is -0.338 e. The predicted molar refractivity (Wildman–Crippen MR) is 73.7 cm³/mol. The SMILES string of the molecule is CCNC(=O)NC(=O)C(C)Sc1n[nH]c(=O)n1C1CC1. The van der Waals surface area contributed by atoms with Crippen LogP contribution in [0.2, 0.25) is 0 Å². The monoisotopic (exact) mass is 299 g/mol. The number of nitrogens with one attached hydrogen (secondary N) is 3. The highest BCUT2D eigenvalue weighted by Gasteiger charge is 2.30. The Morgan fingerprint density at radius 3 is 2.85 bits per heavy atom. The summed E-state index contributed by atoms with van der Waals surface area (Å²) in [6.45, 7) is 3.87. The lowest BCUT2D eigenvalue weighted by Crippen LogP contribution is -2.42. The molecule has 0 bridgehead atoms. The molecule has 1 aromatic rings. The minimum atomic E-state index is -0.523. The van der Waals surface area contributed by atoms with Crippen LogP contribution in [0.15, 0.2) is 9.95 Å². The highest BCUT2D eigenvalue weighted by Crippen LogP contribution is 2.36. The second-order valence-electron chi connectivity index (χ2n) is 4.52. The molecule has 1 fully saturated rings. The zero-order valence-corrected chi connectivity index (χ0v) is 12.1. The van der Waals surface area contributed by atoms with E-state index in [1.807, 2.05) is 0 Å². The second-order valence-corrected chi connectivity index (χ2v) is 5.83. The maximum absolute atomic E-state index is 11.8. The maximum Gasteiger partial charge on any atom is 0.344 e. The van der Waals surface area contributed by atoms with Crippen molar-refractivity contribution in [1.82, 2.24) is 25.4 Å². The fourth-order valence-electron chi connectivity index (χ4n) is 1.66. The lowest BCUT2D eigenvalue weighted by molar-refractivity contribution is -0.119. The number of urea groups is 1. The summed E-state index contributed by atoms with van der Waals surface area (Å²) in [5.41, 5.74) is -0.258.